The van der Waals surface area contributed by atoms with Crippen LogP contribution in [0.15, 0.2) is 12.1 Å². The minimum atomic E-state index is -0.233. The topological polar surface area (TPSA) is 54.0 Å². The van der Waals surface area contributed by atoms with E-state index in [2.05, 4.69) is 0 Å². The number of carbonyl (C=O) groups excluding carboxylic acids is 1. The van der Waals surface area contributed by atoms with Crippen LogP contribution in [0.1, 0.15) is 30.3 Å². The number of benzene rings is 1. The lowest BCUT2D eigenvalue weighted by Gasteiger charge is -2.25. The van der Waals surface area contributed by atoms with Crippen LogP contribution in [0.4, 0.5) is 0 Å². The smallest absolute Gasteiger partial charge is 0.312 e. The molecule has 4 atom stereocenters. The van der Waals surface area contributed by atoms with Crippen LogP contribution in [0, 0.1) is 11.8 Å². The van der Waals surface area contributed by atoms with Crippen molar-refractivity contribution in [3.63, 3.8) is 0 Å². The third-order valence-electron chi connectivity index (χ3n) is 4.33. The molecule has 0 saturated carbocycles. The first-order valence-electron chi connectivity index (χ1n) is 6.37. The normalized spacial score (nSPS) is 33.4. The van der Waals surface area contributed by atoms with E-state index in [0.29, 0.717) is 0 Å². The molecule has 5 nitrogen and oxygen atoms in total. The van der Waals surface area contributed by atoms with E-state index < -0.39 is 0 Å². The number of fused-ring (bicyclic) bond motifs is 6. The van der Waals surface area contributed by atoms with Crippen molar-refractivity contribution in [2.45, 2.75) is 19.1 Å². The van der Waals surface area contributed by atoms with Gasteiger partial charge in [-0.2, -0.15) is 0 Å². The fourth-order valence-electron chi connectivity index (χ4n) is 3.39. The fourth-order valence-corrected chi connectivity index (χ4v) is 3.39. The van der Waals surface area contributed by atoms with Gasteiger partial charge in [-0.25, -0.2) is 0 Å². The lowest BCUT2D eigenvalue weighted by Crippen LogP contribution is -2.28. The highest BCUT2D eigenvalue weighted by molar-refractivity contribution is 5.75. The monoisotopic (exact) mass is 262 g/mol. The maximum absolute atomic E-state index is 11.9. The lowest BCUT2D eigenvalue weighted by atomic mass is 9.76. The highest BCUT2D eigenvalue weighted by Gasteiger charge is 2.54. The second kappa shape index (κ2) is 3.63. The lowest BCUT2D eigenvalue weighted by molar-refractivity contribution is -0.148. The molecule has 0 unspecified atom stereocenters. The number of esters is 1. The number of rotatable bonds is 1. The summed E-state index contributed by atoms with van der Waals surface area (Å²) in [7, 11) is 1.42. The van der Waals surface area contributed by atoms with Crippen LogP contribution in [0.3, 0.4) is 0 Å². The molecule has 1 aromatic carbocycles. The van der Waals surface area contributed by atoms with Crippen LogP contribution in [-0.2, 0) is 14.3 Å². The van der Waals surface area contributed by atoms with Crippen molar-refractivity contribution >= 4 is 5.97 Å². The van der Waals surface area contributed by atoms with Crippen molar-refractivity contribution in [1.82, 2.24) is 0 Å². The maximum atomic E-state index is 11.9. The maximum Gasteiger partial charge on any atom is 0.312 e. The third kappa shape index (κ3) is 1.31. The molecule has 0 N–H and O–H groups in total. The van der Waals surface area contributed by atoms with E-state index in [1.165, 1.54) is 7.11 Å². The van der Waals surface area contributed by atoms with Gasteiger partial charge in [-0.05, 0) is 23.3 Å². The highest BCUT2D eigenvalue weighted by atomic mass is 16.7. The predicted molar refractivity (Wildman–Crippen MR) is 63.8 cm³/mol. The number of methoxy groups -OCH3 is 1. The molecular formula is C14H14O5. The average Bonchev–Trinajstić information content (AvgIpc) is 3.08. The van der Waals surface area contributed by atoms with Crippen LogP contribution in [-0.4, -0.2) is 19.9 Å². The van der Waals surface area contributed by atoms with Gasteiger partial charge in [0.2, 0.25) is 6.79 Å². The Bertz CT molecular complexity index is 567. The number of hydrogen-bond donors (Lipinski definition) is 0. The average molecular weight is 262 g/mol. The second-order valence-electron chi connectivity index (χ2n) is 5.22. The van der Waals surface area contributed by atoms with E-state index in [1.54, 1.807) is 0 Å². The molecular weight excluding hydrogens is 248 g/mol. The molecule has 0 aliphatic carbocycles. The van der Waals surface area contributed by atoms with E-state index >= 15 is 0 Å². The molecule has 100 valence electrons. The summed E-state index contributed by atoms with van der Waals surface area (Å²) in [6.45, 7) is 2.28. The minimum Gasteiger partial charge on any atom is -0.469 e. The van der Waals surface area contributed by atoms with Gasteiger partial charge >= 0.3 is 5.97 Å². The van der Waals surface area contributed by atoms with Crippen LogP contribution in [0.5, 0.6) is 11.5 Å². The van der Waals surface area contributed by atoms with Gasteiger partial charge in [0.15, 0.2) is 11.5 Å². The second-order valence-corrected chi connectivity index (χ2v) is 5.22. The number of hydrogen-bond acceptors (Lipinski definition) is 5. The molecule has 0 amide bonds. The van der Waals surface area contributed by atoms with Crippen molar-refractivity contribution in [3.8, 4) is 11.5 Å². The van der Waals surface area contributed by atoms with Gasteiger partial charge in [-0.1, -0.05) is 6.92 Å². The molecule has 4 rings (SSSR count). The SMILES string of the molecule is COC(=O)[C@H]1[C@@H](C)[C@@H]2O[C@H]1c1cc3c(cc12)OCO3. The molecule has 3 aliphatic rings. The summed E-state index contributed by atoms with van der Waals surface area (Å²) < 4.78 is 21.6. The van der Waals surface area contributed by atoms with Crippen molar-refractivity contribution in [2.24, 2.45) is 11.8 Å². The summed E-state index contributed by atoms with van der Waals surface area (Å²) in [6.07, 6.45) is -0.282. The standard InChI is InChI=1S/C14H14O5/c1-6-11(14(15)16-2)13-8-4-10-9(17-5-18-10)3-7(8)12(6)19-13/h3-4,6,11-13H,5H2,1-2H3/t6-,11+,12+,13+/m1/s1. The Labute approximate surface area is 110 Å². The molecule has 1 saturated heterocycles. The molecule has 1 fully saturated rings. The first-order valence-corrected chi connectivity index (χ1v) is 6.37. The quantitative estimate of drug-likeness (QED) is 0.724. The molecule has 5 heteroatoms. The van der Waals surface area contributed by atoms with Crippen molar-refractivity contribution in [1.29, 1.82) is 0 Å². The molecule has 0 radical (unpaired) electrons. The Balaban J connectivity index is 1.80. The van der Waals surface area contributed by atoms with Crippen molar-refractivity contribution in [3.05, 3.63) is 23.3 Å². The van der Waals surface area contributed by atoms with Gasteiger partial charge in [0.05, 0.1) is 25.2 Å². The Hall–Kier alpha value is -1.75. The predicted octanol–water partition coefficient (Wildman–Crippen LogP) is 1.97. The summed E-state index contributed by atoms with van der Waals surface area (Å²) in [4.78, 5) is 11.9. The molecule has 19 heavy (non-hydrogen) atoms. The summed E-state index contributed by atoms with van der Waals surface area (Å²) in [5.74, 6) is 1.17. The first-order chi connectivity index (χ1) is 9.20. The van der Waals surface area contributed by atoms with Crippen LogP contribution < -0.4 is 9.47 Å². The van der Waals surface area contributed by atoms with Gasteiger partial charge in [0.1, 0.15) is 0 Å². The molecule has 3 aliphatic heterocycles. The van der Waals surface area contributed by atoms with Crippen LogP contribution in [0.25, 0.3) is 0 Å². The van der Waals surface area contributed by atoms with E-state index in [0.717, 1.165) is 22.6 Å². The zero-order valence-corrected chi connectivity index (χ0v) is 10.7. The molecule has 0 aromatic heterocycles. The van der Waals surface area contributed by atoms with E-state index in [-0.39, 0.29) is 36.8 Å². The Morgan fingerprint density at radius 2 is 1.84 bits per heavy atom. The zero-order valence-electron chi connectivity index (χ0n) is 10.7. The molecule has 0 spiro atoms. The van der Waals surface area contributed by atoms with Gasteiger partial charge < -0.3 is 18.9 Å². The number of ether oxygens (including phenoxy) is 4. The Kier molecular flexibility index (Phi) is 2.12. The van der Waals surface area contributed by atoms with Crippen LogP contribution in [0.2, 0.25) is 0 Å². The largest absolute Gasteiger partial charge is 0.469 e. The van der Waals surface area contributed by atoms with Gasteiger partial charge in [-0.15, -0.1) is 0 Å². The first kappa shape index (κ1) is 11.1. The molecule has 3 heterocycles. The van der Waals surface area contributed by atoms with Crippen LogP contribution >= 0.6 is 0 Å². The van der Waals surface area contributed by atoms with E-state index in [9.17, 15) is 4.79 Å². The summed E-state index contributed by atoms with van der Waals surface area (Å²) in [5.41, 5.74) is 2.14. The number of carbonyl (C=O) groups is 1. The Morgan fingerprint density at radius 3 is 2.47 bits per heavy atom. The van der Waals surface area contributed by atoms with Crippen molar-refractivity contribution in [2.75, 3.05) is 13.9 Å². The molecule has 2 bridgehead atoms. The minimum absolute atomic E-state index is 0.0569. The van der Waals surface area contributed by atoms with Gasteiger partial charge in [0.25, 0.3) is 0 Å². The highest BCUT2D eigenvalue weighted by Crippen LogP contribution is 2.59. The van der Waals surface area contributed by atoms with Gasteiger partial charge in [0, 0.05) is 5.92 Å². The summed E-state index contributed by atoms with van der Waals surface area (Å²) in [5, 5.41) is 0. The van der Waals surface area contributed by atoms with E-state index in [1.807, 2.05) is 19.1 Å². The van der Waals surface area contributed by atoms with Crippen molar-refractivity contribution < 1.29 is 23.7 Å². The van der Waals surface area contributed by atoms with Gasteiger partial charge in [-0.3, -0.25) is 4.79 Å². The Morgan fingerprint density at radius 1 is 1.21 bits per heavy atom. The zero-order chi connectivity index (χ0) is 13.1. The fraction of sp³-hybridized carbons (Fsp3) is 0.500. The molecule has 1 aromatic rings. The summed E-state index contributed by atoms with van der Waals surface area (Å²) >= 11 is 0. The van der Waals surface area contributed by atoms with E-state index in [4.69, 9.17) is 18.9 Å². The summed E-state index contributed by atoms with van der Waals surface area (Å²) in [6, 6.07) is 3.91. The third-order valence-corrected chi connectivity index (χ3v) is 4.33.